The van der Waals surface area contributed by atoms with Crippen molar-refractivity contribution in [1.29, 1.82) is 0 Å². The molecule has 2 heterocycles. The zero-order valence-electron chi connectivity index (χ0n) is 13.8. The normalized spacial score (nSPS) is 17.3. The van der Waals surface area contributed by atoms with Gasteiger partial charge in [-0.1, -0.05) is 18.2 Å². The van der Waals surface area contributed by atoms with Gasteiger partial charge in [-0.2, -0.15) is 0 Å². The lowest BCUT2D eigenvalue weighted by molar-refractivity contribution is -0.113. The van der Waals surface area contributed by atoms with E-state index >= 15 is 0 Å². The van der Waals surface area contributed by atoms with Crippen LogP contribution in [0.25, 0.3) is 0 Å². The summed E-state index contributed by atoms with van der Waals surface area (Å²) in [6, 6.07) is 9.01. The number of hydrogen-bond acceptors (Lipinski definition) is 3. The lowest BCUT2D eigenvalue weighted by Gasteiger charge is -2.27. The largest absolute Gasteiger partial charge is 0.326 e. The van der Waals surface area contributed by atoms with Gasteiger partial charge in [-0.05, 0) is 49.4 Å². The average Bonchev–Trinajstić information content (AvgIpc) is 3.04. The smallest absolute Gasteiger partial charge is 0.319 e. The molecule has 1 aliphatic heterocycles. The Kier molecular flexibility index (Phi) is 4.40. The highest BCUT2D eigenvalue weighted by Crippen LogP contribution is 2.30. The molecule has 124 valence electrons. The maximum atomic E-state index is 12.9. The van der Waals surface area contributed by atoms with E-state index in [9.17, 15) is 9.59 Å². The van der Waals surface area contributed by atoms with E-state index in [1.54, 1.807) is 6.92 Å². The molecule has 3 amide bonds. The molecule has 0 radical (unpaired) electrons. The van der Waals surface area contributed by atoms with Gasteiger partial charge in [0.25, 0.3) is 5.91 Å². The minimum absolute atomic E-state index is 0.216. The van der Waals surface area contributed by atoms with E-state index in [0.717, 1.165) is 21.7 Å². The molecule has 3 rings (SSSR count). The van der Waals surface area contributed by atoms with E-state index < -0.39 is 6.04 Å². The quantitative estimate of drug-likeness (QED) is 0.798. The van der Waals surface area contributed by atoms with Crippen LogP contribution in [-0.4, -0.2) is 11.9 Å². The fourth-order valence-corrected chi connectivity index (χ4v) is 3.51. The van der Waals surface area contributed by atoms with Crippen molar-refractivity contribution in [2.24, 2.45) is 0 Å². The maximum Gasteiger partial charge on any atom is 0.319 e. The summed E-state index contributed by atoms with van der Waals surface area (Å²) in [5, 5.41) is 10.4. The second-order valence-corrected chi connectivity index (χ2v) is 6.84. The predicted molar refractivity (Wildman–Crippen MR) is 96.0 cm³/mol. The van der Waals surface area contributed by atoms with Crippen LogP contribution in [0.15, 0.2) is 47.0 Å². The summed E-state index contributed by atoms with van der Waals surface area (Å²) in [6.07, 6.45) is 0. The molecule has 0 spiro atoms. The van der Waals surface area contributed by atoms with Gasteiger partial charge in [0.1, 0.15) is 0 Å². The molecule has 1 aromatic heterocycles. The number of thiophene rings is 1. The van der Waals surface area contributed by atoms with Gasteiger partial charge in [-0.15, -0.1) is 11.3 Å². The first-order chi connectivity index (χ1) is 11.5. The highest BCUT2D eigenvalue weighted by molar-refractivity contribution is 7.10. The van der Waals surface area contributed by atoms with Crippen LogP contribution in [0.3, 0.4) is 0 Å². The second-order valence-electron chi connectivity index (χ2n) is 5.86. The van der Waals surface area contributed by atoms with Crippen LogP contribution in [0.1, 0.15) is 29.0 Å². The van der Waals surface area contributed by atoms with Gasteiger partial charge in [-0.25, -0.2) is 4.79 Å². The van der Waals surface area contributed by atoms with Crippen molar-refractivity contribution in [2.75, 3.05) is 5.32 Å². The van der Waals surface area contributed by atoms with Gasteiger partial charge in [0.2, 0.25) is 0 Å². The van der Waals surface area contributed by atoms with Crippen molar-refractivity contribution in [3.63, 3.8) is 0 Å². The van der Waals surface area contributed by atoms with Crippen LogP contribution < -0.4 is 16.0 Å². The molecular weight excluding hydrogens is 322 g/mol. The highest BCUT2D eigenvalue weighted by atomic mass is 32.1. The second kappa shape index (κ2) is 6.49. The third-order valence-electron chi connectivity index (χ3n) is 3.98. The van der Waals surface area contributed by atoms with Gasteiger partial charge in [0.05, 0.1) is 11.6 Å². The van der Waals surface area contributed by atoms with E-state index in [-0.39, 0.29) is 11.9 Å². The summed E-state index contributed by atoms with van der Waals surface area (Å²) in [4.78, 5) is 25.6. The van der Waals surface area contributed by atoms with Gasteiger partial charge >= 0.3 is 6.03 Å². The molecule has 6 heteroatoms. The number of aryl methyl sites for hydroxylation is 2. The number of allylic oxidation sites excluding steroid dienone is 1. The molecule has 2 aromatic rings. The lowest BCUT2D eigenvalue weighted by atomic mass is 10.00. The van der Waals surface area contributed by atoms with E-state index in [2.05, 4.69) is 16.0 Å². The number of anilines is 1. The van der Waals surface area contributed by atoms with Crippen LogP contribution in [0, 0.1) is 13.8 Å². The van der Waals surface area contributed by atoms with Crippen molar-refractivity contribution in [1.82, 2.24) is 10.6 Å². The number of carbonyl (C=O) groups is 2. The Labute approximate surface area is 144 Å². The van der Waals surface area contributed by atoms with E-state index in [0.29, 0.717) is 11.3 Å². The van der Waals surface area contributed by atoms with Crippen molar-refractivity contribution >= 4 is 29.0 Å². The third-order valence-corrected chi connectivity index (χ3v) is 4.92. The fourth-order valence-electron chi connectivity index (χ4n) is 2.72. The first kappa shape index (κ1) is 16.3. The third kappa shape index (κ3) is 3.19. The summed E-state index contributed by atoms with van der Waals surface area (Å²) >= 11 is 1.51. The van der Waals surface area contributed by atoms with Crippen LogP contribution in [0.2, 0.25) is 0 Å². The Morgan fingerprint density at radius 1 is 1.21 bits per heavy atom. The number of urea groups is 1. The molecule has 5 nitrogen and oxygen atoms in total. The van der Waals surface area contributed by atoms with E-state index in [4.69, 9.17) is 0 Å². The van der Waals surface area contributed by atoms with Crippen LogP contribution >= 0.6 is 11.3 Å². The molecule has 0 saturated heterocycles. The molecule has 1 atom stereocenters. The Bertz CT molecular complexity index is 825. The van der Waals surface area contributed by atoms with Crippen molar-refractivity contribution in [2.45, 2.75) is 26.8 Å². The predicted octanol–water partition coefficient (Wildman–Crippen LogP) is 3.63. The molecule has 0 bridgehead atoms. The van der Waals surface area contributed by atoms with Gasteiger partial charge in [0, 0.05) is 16.3 Å². The Morgan fingerprint density at radius 3 is 2.71 bits per heavy atom. The van der Waals surface area contributed by atoms with E-state index in [1.165, 1.54) is 11.3 Å². The van der Waals surface area contributed by atoms with Crippen LogP contribution in [0.4, 0.5) is 10.5 Å². The molecule has 0 aliphatic carbocycles. The maximum absolute atomic E-state index is 12.9. The SMILES string of the molecule is CC1=C(C(=O)Nc2cc(C)ccc2C)C(c2cccs2)NC(=O)N1. The van der Waals surface area contributed by atoms with Crippen molar-refractivity contribution in [3.05, 3.63) is 63.0 Å². The number of hydrogen-bond donors (Lipinski definition) is 3. The molecule has 1 aliphatic rings. The molecule has 3 N–H and O–H groups in total. The first-order valence-corrected chi connectivity index (χ1v) is 8.54. The first-order valence-electron chi connectivity index (χ1n) is 7.66. The van der Waals surface area contributed by atoms with Crippen LogP contribution in [0.5, 0.6) is 0 Å². The molecular formula is C18H19N3O2S. The fraction of sp³-hybridized carbons (Fsp3) is 0.222. The van der Waals surface area contributed by atoms with Crippen molar-refractivity contribution < 1.29 is 9.59 Å². The molecule has 24 heavy (non-hydrogen) atoms. The van der Waals surface area contributed by atoms with E-state index in [1.807, 2.05) is 49.6 Å². The molecule has 1 unspecified atom stereocenters. The number of benzene rings is 1. The topological polar surface area (TPSA) is 70.2 Å². The summed E-state index contributed by atoms with van der Waals surface area (Å²) in [7, 11) is 0. The van der Waals surface area contributed by atoms with Gasteiger partial charge < -0.3 is 16.0 Å². The summed E-state index contributed by atoms with van der Waals surface area (Å²) in [5.74, 6) is -0.216. The summed E-state index contributed by atoms with van der Waals surface area (Å²) in [5.41, 5.74) is 3.94. The zero-order valence-corrected chi connectivity index (χ0v) is 14.6. The molecule has 1 aromatic carbocycles. The zero-order chi connectivity index (χ0) is 17.3. The Hall–Kier alpha value is -2.60. The minimum Gasteiger partial charge on any atom is -0.326 e. The molecule has 0 saturated carbocycles. The number of rotatable bonds is 3. The number of carbonyl (C=O) groups excluding carboxylic acids is 2. The summed E-state index contributed by atoms with van der Waals surface area (Å²) in [6.45, 7) is 5.68. The van der Waals surface area contributed by atoms with Gasteiger partial charge in [-0.3, -0.25) is 4.79 Å². The van der Waals surface area contributed by atoms with Crippen LogP contribution in [-0.2, 0) is 4.79 Å². The highest BCUT2D eigenvalue weighted by Gasteiger charge is 2.31. The number of nitrogens with one attached hydrogen (secondary N) is 3. The molecule has 0 fully saturated rings. The Balaban J connectivity index is 1.95. The average molecular weight is 341 g/mol. The monoisotopic (exact) mass is 341 g/mol. The summed E-state index contributed by atoms with van der Waals surface area (Å²) < 4.78 is 0. The van der Waals surface area contributed by atoms with Crippen molar-refractivity contribution in [3.8, 4) is 0 Å². The standard InChI is InChI=1S/C18H19N3O2S/c1-10-6-7-11(2)13(9-10)20-17(22)15-12(3)19-18(23)21-16(15)14-5-4-8-24-14/h4-9,16H,1-3H3,(H,20,22)(H2,19,21,23). The number of amides is 3. The minimum atomic E-state index is -0.441. The lowest BCUT2D eigenvalue weighted by Crippen LogP contribution is -2.45. The van der Waals surface area contributed by atoms with Gasteiger partial charge in [0.15, 0.2) is 0 Å². The Morgan fingerprint density at radius 2 is 2.00 bits per heavy atom.